The molecule has 2 aliphatic carbocycles. The number of hydrogen-bond acceptors (Lipinski definition) is 2. The van der Waals surface area contributed by atoms with Gasteiger partial charge in [0.2, 0.25) is 0 Å². The lowest BCUT2D eigenvalue weighted by Gasteiger charge is -2.19. The van der Waals surface area contributed by atoms with Gasteiger partial charge >= 0.3 is 6.03 Å². The summed E-state index contributed by atoms with van der Waals surface area (Å²) in [7, 11) is 0. The molecule has 2 aliphatic rings. The van der Waals surface area contributed by atoms with E-state index in [9.17, 15) is 4.79 Å². The van der Waals surface area contributed by atoms with Crippen LogP contribution in [0.25, 0.3) is 0 Å². The van der Waals surface area contributed by atoms with Crippen molar-refractivity contribution in [3.05, 3.63) is 47.0 Å². The lowest BCUT2D eigenvalue weighted by Crippen LogP contribution is -2.43. The van der Waals surface area contributed by atoms with Gasteiger partial charge in [0.05, 0.1) is 0 Å². The van der Waals surface area contributed by atoms with Crippen LogP contribution in [0.5, 0.6) is 0 Å². The van der Waals surface area contributed by atoms with Crippen molar-refractivity contribution < 1.29 is 9.90 Å². The van der Waals surface area contributed by atoms with E-state index in [0.717, 1.165) is 24.3 Å². The van der Waals surface area contributed by atoms with Crippen LogP contribution in [0.3, 0.4) is 0 Å². The molecule has 1 aromatic rings. The van der Waals surface area contributed by atoms with Crippen molar-refractivity contribution in [1.29, 1.82) is 0 Å². The van der Waals surface area contributed by atoms with E-state index < -0.39 is 0 Å². The van der Waals surface area contributed by atoms with Gasteiger partial charge in [0.1, 0.15) is 0 Å². The third-order valence-electron chi connectivity index (χ3n) is 4.60. The van der Waals surface area contributed by atoms with Crippen molar-refractivity contribution in [2.75, 3.05) is 13.2 Å². The second-order valence-corrected chi connectivity index (χ2v) is 6.72. The fourth-order valence-corrected chi connectivity index (χ4v) is 3.21. The lowest BCUT2D eigenvalue weighted by molar-refractivity contribution is 0.230. The summed E-state index contributed by atoms with van der Waals surface area (Å²) in [4.78, 5) is 12.0. The largest absolute Gasteiger partial charge is 0.396 e. The Hall–Kier alpha value is -1.52. The number of hydrogen-bond donors (Lipinski definition) is 3. The zero-order valence-corrected chi connectivity index (χ0v) is 13.1. The van der Waals surface area contributed by atoms with Crippen LogP contribution in [-0.4, -0.2) is 30.3 Å². The van der Waals surface area contributed by atoms with Gasteiger partial charge in [-0.3, -0.25) is 0 Å². The molecule has 1 aromatic carbocycles. The maximum atomic E-state index is 12.0. The summed E-state index contributed by atoms with van der Waals surface area (Å²) >= 11 is 6.05. The molecule has 0 aliphatic heterocycles. The molecule has 0 heterocycles. The van der Waals surface area contributed by atoms with E-state index >= 15 is 0 Å². The molecule has 3 rings (SSSR count). The molecule has 4 nitrogen and oxygen atoms in total. The van der Waals surface area contributed by atoms with Gasteiger partial charge < -0.3 is 15.7 Å². The number of urea groups is 1. The predicted molar refractivity (Wildman–Crippen MR) is 87.0 cm³/mol. The van der Waals surface area contributed by atoms with E-state index in [2.05, 4.69) is 16.7 Å². The maximum absolute atomic E-state index is 12.0. The Kier molecular flexibility index (Phi) is 4.41. The van der Waals surface area contributed by atoms with E-state index in [1.807, 2.05) is 30.4 Å². The molecule has 0 aromatic heterocycles. The Morgan fingerprint density at radius 1 is 1.36 bits per heavy atom. The Balaban J connectivity index is 1.50. The van der Waals surface area contributed by atoms with Gasteiger partial charge in [-0.2, -0.15) is 0 Å². The van der Waals surface area contributed by atoms with Crippen LogP contribution in [0, 0.1) is 5.92 Å². The molecule has 2 atom stereocenters. The molecule has 22 heavy (non-hydrogen) atoms. The summed E-state index contributed by atoms with van der Waals surface area (Å²) in [5.74, 6) is 0.159. The molecule has 0 spiro atoms. The van der Waals surface area contributed by atoms with E-state index in [0.29, 0.717) is 6.54 Å². The second-order valence-electron chi connectivity index (χ2n) is 6.29. The maximum Gasteiger partial charge on any atom is 0.315 e. The highest BCUT2D eigenvalue weighted by atomic mass is 35.5. The fraction of sp³-hybridized carbons (Fsp3) is 0.471. The van der Waals surface area contributed by atoms with Crippen molar-refractivity contribution in [2.45, 2.75) is 30.7 Å². The minimum absolute atomic E-state index is 0.0125. The van der Waals surface area contributed by atoms with Crippen LogP contribution >= 0.6 is 11.6 Å². The number of nitrogens with one attached hydrogen (secondary N) is 2. The van der Waals surface area contributed by atoms with Crippen LogP contribution in [-0.2, 0) is 5.41 Å². The van der Waals surface area contributed by atoms with Crippen molar-refractivity contribution >= 4 is 17.6 Å². The number of rotatable bonds is 5. The summed E-state index contributed by atoms with van der Waals surface area (Å²) in [6, 6.07) is 7.74. The Morgan fingerprint density at radius 3 is 2.82 bits per heavy atom. The summed E-state index contributed by atoms with van der Waals surface area (Å²) in [5, 5.41) is 15.7. The molecule has 118 valence electrons. The standard InChI is InChI=1S/C17H21ClN2O2/c18-14-3-1-2-13(9-14)17(6-7-17)11-19-16(22)20-15-5-4-12(8-15)10-21/h1-5,9,12,15,21H,6-8,10-11H2,(H2,19,20,22)/t12-,15+/m0/s1. The third-order valence-corrected chi connectivity index (χ3v) is 4.84. The van der Waals surface area contributed by atoms with Crippen molar-refractivity contribution in [3.8, 4) is 0 Å². The van der Waals surface area contributed by atoms with E-state index in [4.69, 9.17) is 16.7 Å². The summed E-state index contributed by atoms with van der Waals surface area (Å²) in [6.07, 6.45) is 6.82. The number of amides is 2. The quantitative estimate of drug-likeness (QED) is 0.730. The SMILES string of the molecule is O=C(NCC1(c2cccc(Cl)c2)CC1)N[C@@H]1C=C[C@H](CO)C1. The van der Waals surface area contributed by atoms with Crippen molar-refractivity contribution in [1.82, 2.24) is 10.6 Å². The van der Waals surface area contributed by atoms with Gasteiger partial charge in [0, 0.05) is 35.5 Å². The minimum atomic E-state index is -0.151. The molecule has 2 amide bonds. The monoisotopic (exact) mass is 320 g/mol. The molecular formula is C17H21ClN2O2. The first-order chi connectivity index (χ1) is 10.6. The molecule has 1 fully saturated rings. The summed E-state index contributed by atoms with van der Waals surface area (Å²) < 4.78 is 0. The third kappa shape index (κ3) is 3.45. The van der Waals surface area contributed by atoms with Crippen LogP contribution in [0.4, 0.5) is 4.79 Å². The molecule has 0 unspecified atom stereocenters. The van der Waals surface area contributed by atoms with Crippen LogP contribution < -0.4 is 10.6 Å². The average Bonchev–Trinajstić information content (AvgIpc) is 3.18. The number of aliphatic hydroxyl groups excluding tert-OH is 1. The second kappa shape index (κ2) is 6.31. The Bertz CT molecular complexity index is 584. The normalized spacial score (nSPS) is 25.0. The van der Waals surface area contributed by atoms with Gasteiger partial charge in [0.15, 0.2) is 0 Å². The van der Waals surface area contributed by atoms with Crippen molar-refractivity contribution in [3.63, 3.8) is 0 Å². The van der Waals surface area contributed by atoms with E-state index in [-0.39, 0.29) is 30.0 Å². The smallest absolute Gasteiger partial charge is 0.315 e. The van der Waals surface area contributed by atoms with Gasteiger partial charge in [-0.1, -0.05) is 35.9 Å². The lowest BCUT2D eigenvalue weighted by atomic mass is 9.96. The Labute approximate surface area is 135 Å². The molecule has 0 bridgehead atoms. The number of aliphatic hydroxyl groups is 1. The highest BCUT2D eigenvalue weighted by molar-refractivity contribution is 6.30. The van der Waals surface area contributed by atoms with Crippen LogP contribution in [0.15, 0.2) is 36.4 Å². The molecule has 3 N–H and O–H groups in total. The number of carbonyl (C=O) groups is 1. The highest BCUT2D eigenvalue weighted by Gasteiger charge is 2.44. The Morgan fingerprint density at radius 2 is 2.18 bits per heavy atom. The molecule has 1 saturated carbocycles. The van der Waals surface area contributed by atoms with Crippen LogP contribution in [0.1, 0.15) is 24.8 Å². The number of carbonyl (C=O) groups excluding carboxylic acids is 1. The van der Waals surface area contributed by atoms with Gasteiger partial charge in [-0.05, 0) is 37.0 Å². The topological polar surface area (TPSA) is 61.4 Å². The van der Waals surface area contributed by atoms with Gasteiger partial charge in [-0.25, -0.2) is 4.79 Å². The molecular weight excluding hydrogens is 300 g/mol. The molecule has 0 radical (unpaired) electrons. The minimum Gasteiger partial charge on any atom is -0.396 e. The zero-order chi connectivity index (χ0) is 15.6. The number of halogens is 1. The molecule has 0 saturated heterocycles. The summed E-state index contributed by atoms with van der Waals surface area (Å²) in [6.45, 7) is 0.757. The first-order valence-electron chi connectivity index (χ1n) is 7.71. The van der Waals surface area contributed by atoms with Gasteiger partial charge in [-0.15, -0.1) is 0 Å². The van der Waals surface area contributed by atoms with E-state index in [1.165, 1.54) is 5.56 Å². The first-order valence-corrected chi connectivity index (χ1v) is 8.09. The zero-order valence-electron chi connectivity index (χ0n) is 12.4. The van der Waals surface area contributed by atoms with Crippen LogP contribution in [0.2, 0.25) is 5.02 Å². The molecule has 5 heteroatoms. The van der Waals surface area contributed by atoms with Gasteiger partial charge in [0.25, 0.3) is 0 Å². The first kappa shape index (κ1) is 15.4. The summed E-state index contributed by atoms with van der Waals surface area (Å²) in [5.41, 5.74) is 1.24. The highest BCUT2D eigenvalue weighted by Crippen LogP contribution is 2.48. The number of benzene rings is 1. The average molecular weight is 321 g/mol. The van der Waals surface area contributed by atoms with E-state index in [1.54, 1.807) is 0 Å². The fourth-order valence-electron chi connectivity index (χ4n) is 3.02. The van der Waals surface area contributed by atoms with Crippen molar-refractivity contribution in [2.24, 2.45) is 5.92 Å². The predicted octanol–water partition coefficient (Wildman–Crippen LogP) is 2.61.